The van der Waals surface area contributed by atoms with E-state index < -0.39 is 0 Å². The molecule has 8 nitrogen and oxygen atoms in total. The molecule has 6 aromatic rings. The Balaban J connectivity index is 1.21. The van der Waals surface area contributed by atoms with Gasteiger partial charge in [0.05, 0.1) is 37.0 Å². The lowest BCUT2D eigenvalue weighted by atomic mass is 9.72. The monoisotopic (exact) mass is 842 g/mol. The summed E-state index contributed by atoms with van der Waals surface area (Å²) in [6, 6.07) is 34.7. The van der Waals surface area contributed by atoms with E-state index in [2.05, 4.69) is 152 Å². The third kappa shape index (κ3) is 7.13. The van der Waals surface area contributed by atoms with Gasteiger partial charge in [-0.1, -0.05) is 89.5 Å². The molecule has 4 aliphatic rings. The van der Waals surface area contributed by atoms with Gasteiger partial charge in [-0.3, -0.25) is 9.59 Å². The predicted octanol–water partition coefficient (Wildman–Crippen LogP) is 12.8. The van der Waals surface area contributed by atoms with E-state index in [1.165, 1.54) is 30.9 Å². The van der Waals surface area contributed by atoms with E-state index in [4.69, 9.17) is 19.4 Å². The topological polar surface area (TPSA) is 110 Å². The Morgan fingerprint density at radius 2 is 0.812 bits per heavy atom. The zero-order valence-electron chi connectivity index (χ0n) is 37.1. The molecular weight excluding hydrogens is 793 g/mol. The predicted molar refractivity (Wildman–Crippen MR) is 258 cm³/mol. The van der Waals surface area contributed by atoms with Crippen molar-refractivity contribution in [1.82, 2.24) is 19.9 Å². The van der Waals surface area contributed by atoms with Gasteiger partial charge in [-0.2, -0.15) is 0 Å². The van der Waals surface area contributed by atoms with Gasteiger partial charge >= 0.3 is 0 Å². The van der Waals surface area contributed by atoms with Gasteiger partial charge < -0.3 is 19.4 Å². The molecule has 8 bridgehead atoms. The van der Waals surface area contributed by atoms with Crippen LogP contribution in [0.1, 0.15) is 83.6 Å². The van der Waals surface area contributed by atoms with Gasteiger partial charge in [-0.25, -0.2) is 9.97 Å². The Morgan fingerprint density at radius 1 is 0.453 bits per heavy atom. The molecule has 0 atom stereocenters. The van der Waals surface area contributed by atoms with E-state index >= 15 is 0 Å². The summed E-state index contributed by atoms with van der Waals surface area (Å²) in [5.41, 5.74) is 19.3. The standard InChI is InChI=1S/C56H50N4O4/c1-31-7-13-36(14-8-31)49-40-23-25-42(57-40)50(37-15-9-32(2)10-16-37)44-27-29-46(59-44)52(39-21-19-35(20-22-39)48-34(4)53(61)55(63-5)56(64-6)54(48)62)47-30-28-45(60-47)51(43-26-24-41(49)58-43)38-17-11-33(3)12-18-38/h7-18,23-30,35,39,57-58H,19-22H2,1-6H3. The van der Waals surface area contributed by atoms with Crippen LogP contribution in [-0.4, -0.2) is 45.7 Å². The molecule has 318 valence electrons. The van der Waals surface area contributed by atoms with E-state index in [1.807, 2.05) is 0 Å². The number of ether oxygens (including phenoxy) is 2. The van der Waals surface area contributed by atoms with Crippen LogP contribution in [0.15, 0.2) is 120 Å². The van der Waals surface area contributed by atoms with Crippen LogP contribution in [0.2, 0.25) is 0 Å². The Kier molecular flexibility index (Phi) is 10.5. The van der Waals surface area contributed by atoms with Crippen LogP contribution in [0.3, 0.4) is 0 Å². The van der Waals surface area contributed by atoms with Gasteiger partial charge in [-0.15, -0.1) is 0 Å². The van der Waals surface area contributed by atoms with Crippen molar-refractivity contribution in [3.63, 3.8) is 0 Å². The second-order valence-electron chi connectivity index (χ2n) is 17.5. The lowest BCUT2D eigenvalue weighted by Gasteiger charge is -2.32. The maximum atomic E-state index is 13.9. The molecule has 0 spiro atoms. The van der Waals surface area contributed by atoms with E-state index in [1.54, 1.807) is 6.92 Å². The maximum absolute atomic E-state index is 13.9. The normalized spacial score (nSPS) is 17.4. The molecule has 0 saturated heterocycles. The first kappa shape index (κ1) is 40.7. The molecule has 10 rings (SSSR count). The van der Waals surface area contributed by atoms with Crippen LogP contribution >= 0.6 is 0 Å². The van der Waals surface area contributed by atoms with E-state index in [-0.39, 0.29) is 34.9 Å². The number of fused-ring (bicyclic) bond motifs is 8. The second-order valence-corrected chi connectivity index (χ2v) is 17.5. The molecule has 8 heteroatoms. The van der Waals surface area contributed by atoms with E-state index in [0.717, 1.165) is 109 Å². The van der Waals surface area contributed by atoms with Gasteiger partial charge in [0.15, 0.2) is 0 Å². The van der Waals surface area contributed by atoms with Crippen molar-refractivity contribution < 1.29 is 19.1 Å². The number of aromatic nitrogens is 4. The molecule has 1 fully saturated rings. The minimum absolute atomic E-state index is 0.0157. The summed E-state index contributed by atoms with van der Waals surface area (Å²) >= 11 is 0. The first-order chi connectivity index (χ1) is 31.1. The van der Waals surface area contributed by atoms with Crippen molar-refractivity contribution in [1.29, 1.82) is 0 Å². The molecule has 64 heavy (non-hydrogen) atoms. The highest BCUT2D eigenvalue weighted by atomic mass is 16.5. The van der Waals surface area contributed by atoms with Crippen molar-refractivity contribution in [2.24, 2.45) is 5.92 Å². The number of carbonyl (C=O) groups is 2. The molecule has 2 N–H and O–H groups in total. The fourth-order valence-corrected chi connectivity index (χ4v) is 10.0. The molecule has 5 heterocycles. The summed E-state index contributed by atoms with van der Waals surface area (Å²) in [6.07, 6.45) is 11.6. The zero-order valence-corrected chi connectivity index (χ0v) is 37.1. The smallest absolute Gasteiger partial charge is 0.228 e. The summed E-state index contributed by atoms with van der Waals surface area (Å²) in [5.74, 6) is -0.599. The Morgan fingerprint density at radius 3 is 1.23 bits per heavy atom. The van der Waals surface area contributed by atoms with Crippen molar-refractivity contribution in [2.75, 3.05) is 14.2 Å². The number of nitrogens with zero attached hydrogens (tertiary/aromatic N) is 2. The van der Waals surface area contributed by atoms with Gasteiger partial charge in [0, 0.05) is 55.5 Å². The fourth-order valence-electron chi connectivity index (χ4n) is 10.0. The number of ketones is 2. The highest BCUT2D eigenvalue weighted by molar-refractivity contribution is 6.23. The molecule has 0 unspecified atom stereocenters. The number of aromatic amines is 2. The van der Waals surface area contributed by atoms with Crippen LogP contribution in [0.5, 0.6) is 0 Å². The molecule has 0 radical (unpaired) electrons. The van der Waals surface area contributed by atoms with Crippen molar-refractivity contribution >= 4 is 57.9 Å². The van der Waals surface area contributed by atoms with Crippen LogP contribution in [0.4, 0.5) is 0 Å². The third-order valence-electron chi connectivity index (χ3n) is 13.4. The number of Topliss-reactive ketones (excluding diaryl/α,β-unsaturated/α-hetero) is 2. The molecule has 2 aliphatic carbocycles. The summed E-state index contributed by atoms with van der Waals surface area (Å²) in [5, 5.41) is 0. The largest absolute Gasteiger partial charge is 0.489 e. The van der Waals surface area contributed by atoms with Crippen molar-refractivity contribution in [2.45, 2.75) is 59.3 Å². The van der Waals surface area contributed by atoms with E-state index in [9.17, 15) is 9.59 Å². The highest BCUT2D eigenvalue weighted by Crippen LogP contribution is 2.45. The number of hydrogen-bond acceptors (Lipinski definition) is 6. The molecular formula is C56H50N4O4. The summed E-state index contributed by atoms with van der Waals surface area (Å²) in [4.78, 5) is 46.0. The highest BCUT2D eigenvalue weighted by Gasteiger charge is 2.40. The second kappa shape index (κ2) is 16.4. The van der Waals surface area contributed by atoms with Gasteiger partial charge in [0.1, 0.15) is 0 Å². The zero-order chi connectivity index (χ0) is 44.2. The first-order valence-corrected chi connectivity index (χ1v) is 22.1. The van der Waals surface area contributed by atoms with Crippen molar-refractivity contribution in [3.8, 4) is 33.4 Å². The number of hydrogen-bond donors (Lipinski definition) is 2. The molecule has 3 aromatic heterocycles. The van der Waals surface area contributed by atoms with Crippen molar-refractivity contribution in [3.05, 3.63) is 165 Å². The Hall–Kier alpha value is -7.32. The Labute approximate surface area is 373 Å². The van der Waals surface area contributed by atoms with E-state index in [0.29, 0.717) is 11.1 Å². The number of benzene rings is 3. The maximum Gasteiger partial charge on any atom is 0.228 e. The lowest BCUT2D eigenvalue weighted by molar-refractivity contribution is -0.121. The van der Waals surface area contributed by atoms with Crippen LogP contribution < -0.4 is 0 Å². The van der Waals surface area contributed by atoms with Crippen LogP contribution in [-0.2, 0) is 19.1 Å². The minimum atomic E-state index is -0.293. The summed E-state index contributed by atoms with van der Waals surface area (Å²) in [7, 11) is 2.81. The fraction of sp³-hybridized carbons (Fsp3) is 0.214. The lowest BCUT2D eigenvalue weighted by Crippen LogP contribution is -2.30. The number of carbonyl (C=O) groups excluding carboxylic acids is 2. The number of methoxy groups -OCH3 is 2. The van der Waals surface area contributed by atoms with Gasteiger partial charge in [-0.05, 0) is 130 Å². The number of aryl methyl sites for hydroxylation is 3. The SMILES string of the molecule is COC1=C(OC)C(=O)C(C2CCC(c3c4nc(c(-c5ccc(C)cc5)c5ccc([nH]5)c(-c5ccc(C)cc5)c5ccc([nH]5)c(-c5ccc(C)cc5)c5nc3C=C5)C=C4)CC2)=C(C)C1=O. The third-order valence-corrected chi connectivity index (χ3v) is 13.4. The average Bonchev–Trinajstić information content (AvgIpc) is 4.16. The quantitative estimate of drug-likeness (QED) is 0.155. The van der Waals surface area contributed by atoms with Gasteiger partial charge in [0.25, 0.3) is 0 Å². The number of rotatable bonds is 7. The minimum Gasteiger partial charge on any atom is -0.489 e. The Bertz CT molecular complexity index is 3040. The summed E-state index contributed by atoms with van der Waals surface area (Å²) < 4.78 is 10.8. The average molecular weight is 843 g/mol. The molecule has 2 aliphatic heterocycles. The molecule has 1 saturated carbocycles. The number of nitrogens with one attached hydrogen (secondary N) is 2. The molecule has 0 amide bonds. The van der Waals surface area contributed by atoms with Gasteiger partial charge in [0.2, 0.25) is 23.1 Å². The number of allylic oxidation sites excluding steroid dienone is 2. The van der Waals surface area contributed by atoms with Crippen LogP contribution in [0, 0.1) is 26.7 Å². The van der Waals surface area contributed by atoms with Crippen LogP contribution in [0.25, 0.3) is 79.8 Å². The molecule has 3 aromatic carbocycles. The number of H-pyrrole nitrogens is 2. The summed E-state index contributed by atoms with van der Waals surface area (Å²) in [6.45, 7) is 8.06. The first-order valence-electron chi connectivity index (χ1n) is 22.1.